The summed E-state index contributed by atoms with van der Waals surface area (Å²) in [5.41, 5.74) is 2.26. The van der Waals surface area contributed by atoms with E-state index in [4.69, 9.17) is 4.74 Å². The summed E-state index contributed by atoms with van der Waals surface area (Å²) in [5.74, 6) is 0.676. The Morgan fingerprint density at radius 3 is 2.86 bits per heavy atom. The van der Waals surface area contributed by atoms with E-state index < -0.39 is 0 Å². The summed E-state index contributed by atoms with van der Waals surface area (Å²) in [6.07, 6.45) is 2.80. The van der Waals surface area contributed by atoms with Crippen molar-refractivity contribution in [1.29, 1.82) is 0 Å². The molecule has 7 nitrogen and oxygen atoms in total. The molecule has 1 fully saturated rings. The second kappa shape index (κ2) is 9.93. The third kappa shape index (κ3) is 5.72. The number of nitrogens with zero attached hydrogens (tertiary/aromatic N) is 2. The van der Waals surface area contributed by atoms with Crippen molar-refractivity contribution < 1.29 is 9.53 Å². The van der Waals surface area contributed by atoms with Gasteiger partial charge in [-0.1, -0.05) is 49.9 Å². The summed E-state index contributed by atoms with van der Waals surface area (Å²) in [6, 6.07) is 8.51. The fourth-order valence-electron chi connectivity index (χ4n) is 3.16. The Morgan fingerprint density at radius 2 is 2.18 bits per heavy atom. The van der Waals surface area contributed by atoms with Crippen molar-refractivity contribution in [1.82, 2.24) is 20.1 Å². The molecule has 0 bridgehead atoms. The smallest absolute Gasteiger partial charge is 0.344 e. The fourth-order valence-corrected chi connectivity index (χ4v) is 3.95. The van der Waals surface area contributed by atoms with Gasteiger partial charge in [0, 0.05) is 13.2 Å². The van der Waals surface area contributed by atoms with Crippen molar-refractivity contribution in [3.05, 3.63) is 45.9 Å². The van der Waals surface area contributed by atoms with Crippen molar-refractivity contribution in [2.45, 2.75) is 56.8 Å². The van der Waals surface area contributed by atoms with E-state index in [2.05, 4.69) is 53.6 Å². The minimum absolute atomic E-state index is 0.0468. The summed E-state index contributed by atoms with van der Waals surface area (Å²) in [6.45, 7) is 6.15. The largest absolute Gasteiger partial charge is 0.376 e. The highest BCUT2D eigenvalue weighted by molar-refractivity contribution is 7.99. The van der Waals surface area contributed by atoms with Crippen molar-refractivity contribution in [3.8, 4) is 0 Å². The number of hydrogen-bond donors (Lipinski definition) is 2. The first-order valence-corrected chi connectivity index (χ1v) is 10.8. The average molecular weight is 405 g/mol. The number of ether oxygens (including phenoxy) is 1. The molecule has 2 heterocycles. The number of aromatic amines is 1. The Kier molecular flexibility index (Phi) is 7.33. The Balaban J connectivity index is 1.42. The molecule has 8 heteroatoms. The van der Waals surface area contributed by atoms with Gasteiger partial charge in [-0.25, -0.2) is 9.89 Å². The molecule has 28 heavy (non-hydrogen) atoms. The van der Waals surface area contributed by atoms with Crippen molar-refractivity contribution in [2.75, 3.05) is 18.9 Å². The zero-order valence-electron chi connectivity index (χ0n) is 16.4. The number of benzene rings is 1. The predicted molar refractivity (Wildman–Crippen MR) is 110 cm³/mol. The van der Waals surface area contributed by atoms with Gasteiger partial charge in [-0.3, -0.25) is 9.36 Å². The van der Waals surface area contributed by atoms with E-state index in [9.17, 15) is 9.59 Å². The lowest BCUT2D eigenvalue weighted by molar-refractivity contribution is -0.118. The topological polar surface area (TPSA) is 89.0 Å². The standard InChI is InChI=1S/C20H28N4O3S/c1-14(2)16-7-5-15(6-8-16)9-10-21-18(25)13-28-20-23-22-19(26)24(20)12-17-4-3-11-27-17/h5-8,14,17H,3-4,9-13H2,1-2H3,(H,21,25)(H,22,26). The maximum Gasteiger partial charge on any atom is 0.344 e. The van der Waals surface area contributed by atoms with Crippen molar-refractivity contribution in [3.63, 3.8) is 0 Å². The lowest BCUT2D eigenvalue weighted by Crippen LogP contribution is -2.28. The number of carbonyl (C=O) groups excluding carboxylic acids is 1. The molecule has 2 aromatic rings. The molecule has 1 aromatic carbocycles. The normalized spacial score (nSPS) is 16.6. The summed E-state index contributed by atoms with van der Waals surface area (Å²) < 4.78 is 7.15. The summed E-state index contributed by atoms with van der Waals surface area (Å²) >= 11 is 1.26. The molecule has 1 aromatic heterocycles. The summed E-state index contributed by atoms with van der Waals surface area (Å²) in [5, 5.41) is 9.95. The third-order valence-electron chi connectivity index (χ3n) is 4.85. The number of rotatable bonds is 9. The minimum atomic E-state index is -0.261. The number of hydrogen-bond acceptors (Lipinski definition) is 5. The van der Waals surface area contributed by atoms with Gasteiger partial charge < -0.3 is 10.1 Å². The highest BCUT2D eigenvalue weighted by atomic mass is 32.2. The van der Waals surface area contributed by atoms with Gasteiger partial charge in [-0.2, -0.15) is 0 Å². The zero-order valence-corrected chi connectivity index (χ0v) is 17.3. The van der Waals surface area contributed by atoms with Gasteiger partial charge >= 0.3 is 5.69 Å². The molecule has 0 spiro atoms. The van der Waals surface area contributed by atoms with E-state index in [-0.39, 0.29) is 23.5 Å². The van der Waals surface area contributed by atoms with Crippen LogP contribution in [-0.2, 0) is 22.5 Å². The molecule has 1 saturated heterocycles. The number of amides is 1. The van der Waals surface area contributed by atoms with E-state index in [1.54, 1.807) is 4.57 Å². The molecule has 0 radical (unpaired) electrons. The molecule has 1 aliphatic heterocycles. The molecule has 2 N–H and O–H groups in total. The van der Waals surface area contributed by atoms with Gasteiger partial charge in [0.05, 0.1) is 18.4 Å². The van der Waals surface area contributed by atoms with Crippen LogP contribution in [0.15, 0.2) is 34.2 Å². The van der Waals surface area contributed by atoms with Gasteiger partial charge in [0.25, 0.3) is 0 Å². The lowest BCUT2D eigenvalue weighted by atomic mass is 10.0. The minimum Gasteiger partial charge on any atom is -0.376 e. The van der Waals surface area contributed by atoms with Crippen LogP contribution >= 0.6 is 11.8 Å². The van der Waals surface area contributed by atoms with Crippen LogP contribution in [0.3, 0.4) is 0 Å². The van der Waals surface area contributed by atoms with E-state index in [0.717, 1.165) is 25.9 Å². The summed E-state index contributed by atoms with van der Waals surface area (Å²) in [4.78, 5) is 24.1. The molecule has 0 aliphatic carbocycles. The first-order valence-electron chi connectivity index (χ1n) is 9.78. The highest BCUT2D eigenvalue weighted by Gasteiger charge is 2.20. The third-order valence-corrected chi connectivity index (χ3v) is 5.82. The average Bonchev–Trinajstić information content (AvgIpc) is 3.32. The van der Waals surface area contributed by atoms with Crippen LogP contribution in [0.4, 0.5) is 0 Å². The van der Waals surface area contributed by atoms with E-state index in [1.165, 1.54) is 22.9 Å². The first-order chi connectivity index (χ1) is 13.5. The van der Waals surface area contributed by atoms with E-state index >= 15 is 0 Å². The summed E-state index contributed by atoms with van der Waals surface area (Å²) in [7, 11) is 0. The first kappa shape index (κ1) is 20.7. The van der Waals surface area contributed by atoms with Gasteiger partial charge in [0.1, 0.15) is 0 Å². The Bertz CT molecular complexity index is 823. The molecule has 0 saturated carbocycles. The van der Waals surface area contributed by atoms with E-state index in [1.807, 2.05) is 0 Å². The number of thioether (sulfide) groups is 1. The number of H-pyrrole nitrogens is 1. The van der Waals surface area contributed by atoms with Crippen molar-refractivity contribution in [2.24, 2.45) is 0 Å². The second-order valence-corrected chi connectivity index (χ2v) is 8.28. The number of nitrogens with one attached hydrogen (secondary N) is 2. The highest BCUT2D eigenvalue weighted by Crippen LogP contribution is 2.18. The van der Waals surface area contributed by atoms with Gasteiger partial charge in [0.15, 0.2) is 5.16 Å². The van der Waals surface area contributed by atoms with Crippen LogP contribution < -0.4 is 11.0 Å². The van der Waals surface area contributed by atoms with E-state index in [0.29, 0.717) is 24.2 Å². The van der Waals surface area contributed by atoms with Gasteiger partial charge in [-0.15, -0.1) is 5.10 Å². The van der Waals surface area contributed by atoms with Crippen LogP contribution in [0, 0.1) is 0 Å². The monoisotopic (exact) mass is 404 g/mol. The molecular formula is C20H28N4O3S. The molecule has 1 atom stereocenters. The maximum atomic E-state index is 12.1. The van der Waals surface area contributed by atoms with Gasteiger partial charge in [-0.05, 0) is 36.3 Å². The second-order valence-electron chi connectivity index (χ2n) is 7.34. The Hall–Kier alpha value is -2.06. The predicted octanol–water partition coefficient (Wildman–Crippen LogP) is 2.32. The van der Waals surface area contributed by atoms with Crippen LogP contribution in [0.2, 0.25) is 0 Å². The zero-order chi connectivity index (χ0) is 19.9. The maximum absolute atomic E-state index is 12.1. The van der Waals surface area contributed by atoms with Crippen LogP contribution in [0.1, 0.15) is 43.7 Å². The van der Waals surface area contributed by atoms with Crippen molar-refractivity contribution >= 4 is 17.7 Å². The van der Waals surface area contributed by atoms with Crippen LogP contribution in [-0.4, -0.2) is 45.7 Å². The molecule has 1 amide bonds. The SMILES string of the molecule is CC(C)c1ccc(CCNC(=O)CSc2n[nH]c(=O)n2CC2CCCO2)cc1. The quantitative estimate of drug-likeness (QED) is 0.626. The molecule has 1 unspecified atom stereocenters. The van der Waals surface area contributed by atoms with Crippen LogP contribution in [0.25, 0.3) is 0 Å². The molecular weight excluding hydrogens is 376 g/mol. The number of aromatic nitrogens is 3. The van der Waals surface area contributed by atoms with Gasteiger partial charge in [0.2, 0.25) is 5.91 Å². The Morgan fingerprint density at radius 1 is 1.39 bits per heavy atom. The molecule has 1 aliphatic rings. The Labute approximate surface area is 169 Å². The fraction of sp³-hybridized carbons (Fsp3) is 0.550. The lowest BCUT2D eigenvalue weighted by Gasteiger charge is -2.11. The van der Waals surface area contributed by atoms with Crippen LogP contribution in [0.5, 0.6) is 0 Å². The number of carbonyl (C=O) groups is 1. The molecule has 3 rings (SSSR count). The molecule has 152 valence electrons.